The number of thiophene rings is 1. The van der Waals surface area contributed by atoms with Gasteiger partial charge < -0.3 is 10.1 Å². The van der Waals surface area contributed by atoms with Gasteiger partial charge in [-0.15, -0.1) is 11.3 Å². The van der Waals surface area contributed by atoms with Gasteiger partial charge in [-0.2, -0.15) is 0 Å². The van der Waals surface area contributed by atoms with Crippen LogP contribution in [0.3, 0.4) is 0 Å². The summed E-state index contributed by atoms with van der Waals surface area (Å²) in [6.45, 7) is 0. The van der Waals surface area contributed by atoms with Crippen LogP contribution in [-0.2, 0) is 4.79 Å². The Morgan fingerprint density at radius 2 is 1.96 bits per heavy atom. The van der Waals surface area contributed by atoms with E-state index in [-0.39, 0.29) is 17.4 Å². The number of carbonyl (C=O) groups is 1. The summed E-state index contributed by atoms with van der Waals surface area (Å²) in [7, 11) is 0. The van der Waals surface area contributed by atoms with Crippen molar-refractivity contribution in [3.63, 3.8) is 0 Å². The van der Waals surface area contributed by atoms with Crippen LogP contribution in [0.4, 0.5) is 0 Å². The molecule has 23 heavy (non-hydrogen) atoms. The molecular formula is C17H16N2O3S. The number of H-pyrrole nitrogens is 1. The van der Waals surface area contributed by atoms with Gasteiger partial charge in [0.2, 0.25) is 0 Å². The molecule has 5 nitrogen and oxygen atoms in total. The molecule has 0 aliphatic heterocycles. The number of nitrogens with zero attached hydrogens (tertiary/aromatic N) is 1. The maximum atomic E-state index is 12.5. The summed E-state index contributed by atoms with van der Waals surface area (Å²) in [5.41, 5.74) is -0.0946. The van der Waals surface area contributed by atoms with Crippen LogP contribution < -0.4 is 5.56 Å². The SMILES string of the molecule is O=C(O)C1CCC(c2nc3sc4ccccc4c3c(=O)[nH]2)CC1. The number of hydrogen-bond donors (Lipinski definition) is 2. The molecule has 1 saturated carbocycles. The topological polar surface area (TPSA) is 83.0 Å². The minimum Gasteiger partial charge on any atom is -0.481 e. The third-order valence-electron chi connectivity index (χ3n) is 4.73. The molecule has 118 valence electrons. The van der Waals surface area contributed by atoms with Gasteiger partial charge >= 0.3 is 5.97 Å². The Balaban J connectivity index is 1.73. The second-order valence-electron chi connectivity index (χ2n) is 6.12. The van der Waals surface area contributed by atoms with E-state index in [9.17, 15) is 9.59 Å². The summed E-state index contributed by atoms with van der Waals surface area (Å²) in [6.07, 6.45) is 2.81. The second kappa shape index (κ2) is 5.45. The molecule has 0 saturated heterocycles. The highest BCUT2D eigenvalue weighted by atomic mass is 32.1. The van der Waals surface area contributed by atoms with Gasteiger partial charge in [0.1, 0.15) is 10.7 Å². The molecule has 0 amide bonds. The first-order valence-corrected chi connectivity index (χ1v) is 8.59. The molecule has 1 aliphatic carbocycles. The van der Waals surface area contributed by atoms with Gasteiger partial charge in [-0.3, -0.25) is 9.59 Å². The monoisotopic (exact) mass is 328 g/mol. The van der Waals surface area contributed by atoms with E-state index in [0.29, 0.717) is 24.1 Å². The van der Waals surface area contributed by atoms with E-state index in [1.165, 1.54) is 11.3 Å². The van der Waals surface area contributed by atoms with E-state index in [2.05, 4.69) is 9.97 Å². The standard InChI is InChI=1S/C17H16N2O3S/c20-15-13-11-3-1-2-4-12(11)23-16(13)19-14(18-15)9-5-7-10(8-6-9)17(21)22/h1-4,9-10H,5-8H2,(H,21,22)(H,18,19,20). The summed E-state index contributed by atoms with van der Waals surface area (Å²) < 4.78 is 1.06. The second-order valence-corrected chi connectivity index (χ2v) is 7.15. The third-order valence-corrected chi connectivity index (χ3v) is 5.80. The Bertz CT molecular complexity index is 951. The molecule has 2 aromatic heterocycles. The van der Waals surface area contributed by atoms with Crippen molar-refractivity contribution in [1.82, 2.24) is 9.97 Å². The van der Waals surface area contributed by atoms with Crippen molar-refractivity contribution in [3.8, 4) is 0 Å². The maximum Gasteiger partial charge on any atom is 0.306 e. The van der Waals surface area contributed by atoms with E-state index in [1.807, 2.05) is 24.3 Å². The fourth-order valence-corrected chi connectivity index (χ4v) is 4.54. The van der Waals surface area contributed by atoms with E-state index in [0.717, 1.165) is 27.8 Å². The fourth-order valence-electron chi connectivity index (χ4n) is 3.45. The van der Waals surface area contributed by atoms with Crippen LogP contribution in [0.2, 0.25) is 0 Å². The molecule has 6 heteroatoms. The molecule has 0 unspecified atom stereocenters. The van der Waals surface area contributed by atoms with Crippen molar-refractivity contribution >= 4 is 37.6 Å². The van der Waals surface area contributed by atoms with Crippen LogP contribution in [-0.4, -0.2) is 21.0 Å². The number of carboxylic acids is 1. The van der Waals surface area contributed by atoms with Crippen LogP contribution in [0.25, 0.3) is 20.3 Å². The number of aromatic nitrogens is 2. The maximum absolute atomic E-state index is 12.5. The van der Waals surface area contributed by atoms with Crippen molar-refractivity contribution in [2.75, 3.05) is 0 Å². The van der Waals surface area contributed by atoms with Crippen molar-refractivity contribution < 1.29 is 9.90 Å². The highest BCUT2D eigenvalue weighted by molar-refractivity contribution is 7.25. The normalized spacial score (nSPS) is 21.7. The zero-order valence-corrected chi connectivity index (χ0v) is 13.2. The van der Waals surface area contributed by atoms with Crippen LogP contribution in [0.15, 0.2) is 29.1 Å². The minimum atomic E-state index is -0.718. The van der Waals surface area contributed by atoms with E-state index in [4.69, 9.17) is 5.11 Å². The Morgan fingerprint density at radius 1 is 1.22 bits per heavy atom. The third kappa shape index (κ3) is 2.43. The van der Waals surface area contributed by atoms with E-state index < -0.39 is 5.97 Å². The first-order valence-electron chi connectivity index (χ1n) is 7.78. The molecule has 0 radical (unpaired) electrons. The Labute approximate surface area is 136 Å². The first kappa shape index (κ1) is 14.4. The summed E-state index contributed by atoms with van der Waals surface area (Å²) in [5, 5.41) is 10.7. The van der Waals surface area contributed by atoms with Crippen molar-refractivity contribution in [1.29, 1.82) is 0 Å². The number of aliphatic carboxylic acids is 1. The van der Waals surface area contributed by atoms with E-state index >= 15 is 0 Å². The highest BCUT2D eigenvalue weighted by Gasteiger charge is 2.28. The van der Waals surface area contributed by atoms with Gasteiger partial charge in [0, 0.05) is 16.0 Å². The van der Waals surface area contributed by atoms with Gasteiger partial charge in [0.25, 0.3) is 5.56 Å². The number of aromatic amines is 1. The number of nitrogens with one attached hydrogen (secondary N) is 1. The predicted molar refractivity (Wildman–Crippen MR) is 90.1 cm³/mol. The van der Waals surface area contributed by atoms with Crippen molar-refractivity contribution in [2.45, 2.75) is 31.6 Å². The van der Waals surface area contributed by atoms with Crippen LogP contribution in [0.1, 0.15) is 37.4 Å². The molecule has 1 fully saturated rings. The van der Waals surface area contributed by atoms with Gasteiger partial charge in [0.05, 0.1) is 11.3 Å². The number of fused-ring (bicyclic) bond motifs is 3. The molecule has 4 rings (SSSR count). The molecule has 2 N–H and O–H groups in total. The minimum absolute atomic E-state index is 0.0946. The molecule has 3 aromatic rings. The molecule has 2 heterocycles. The molecule has 1 aromatic carbocycles. The quantitative estimate of drug-likeness (QED) is 0.754. The predicted octanol–water partition coefficient (Wildman–Crippen LogP) is 3.50. The Hall–Kier alpha value is -2.21. The van der Waals surface area contributed by atoms with Crippen molar-refractivity contribution in [3.05, 3.63) is 40.4 Å². The van der Waals surface area contributed by atoms with Crippen molar-refractivity contribution in [2.24, 2.45) is 5.92 Å². The smallest absolute Gasteiger partial charge is 0.306 e. The van der Waals surface area contributed by atoms with Gasteiger partial charge in [-0.25, -0.2) is 4.98 Å². The molecule has 1 aliphatic rings. The number of rotatable bonds is 2. The Morgan fingerprint density at radius 3 is 2.70 bits per heavy atom. The van der Waals surface area contributed by atoms with Crippen LogP contribution in [0, 0.1) is 5.92 Å². The number of benzene rings is 1. The lowest BCUT2D eigenvalue weighted by atomic mass is 9.81. The van der Waals surface area contributed by atoms with Crippen LogP contribution >= 0.6 is 11.3 Å². The highest BCUT2D eigenvalue weighted by Crippen LogP contribution is 2.36. The zero-order chi connectivity index (χ0) is 16.0. The van der Waals surface area contributed by atoms with Gasteiger partial charge in [-0.1, -0.05) is 18.2 Å². The first-order chi connectivity index (χ1) is 11.1. The lowest BCUT2D eigenvalue weighted by Crippen LogP contribution is -2.23. The molecule has 0 spiro atoms. The lowest BCUT2D eigenvalue weighted by Gasteiger charge is -2.25. The summed E-state index contributed by atoms with van der Waals surface area (Å²) in [6, 6.07) is 7.83. The zero-order valence-electron chi connectivity index (χ0n) is 12.4. The molecule has 0 atom stereocenters. The average Bonchev–Trinajstić information content (AvgIpc) is 2.93. The fraction of sp³-hybridized carbons (Fsp3) is 0.353. The summed E-state index contributed by atoms with van der Waals surface area (Å²) in [5.74, 6) is -0.123. The van der Waals surface area contributed by atoms with Gasteiger partial charge in [-0.05, 0) is 31.7 Å². The van der Waals surface area contributed by atoms with Crippen LogP contribution in [0.5, 0.6) is 0 Å². The average molecular weight is 328 g/mol. The molecule has 0 bridgehead atoms. The largest absolute Gasteiger partial charge is 0.481 e. The summed E-state index contributed by atoms with van der Waals surface area (Å²) >= 11 is 1.53. The lowest BCUT2D eigenvalue weighted by molar-refractivity contribution is -0.142. The number of carboxylic acid groups (broad SMARTS) is 1. The summed E-state index contributed by atoms with van der Waals surface area (Å²) in [4.78, 5) is 31.9. The number of hydrogen-bond acceptors (Lipinski definition) is 4. The molecular weight excluding hydrogens is 312 g/mol. The van der Waals surface area contributed by atoms with Gasteiger partial charge in [0.15, 0.2) is 0 Å². The van der Waals surface area contributed by atoms with E-state index in [1.54, 1.807) is 0 Å². The Kier molecular flexibility index (Phi) is 3.41.